The van der Waals surface area contributed by atoms with Gasteiger partial charge in [0.05, 0.1) is 37.9 Å². The van der Waals surface area contributed by atoms with Crippen molar-refractivity contribution >= 4 is 11.9 Å². The van der Waals surface area contributed by atoms with E-state index < -0.39 is 17.4 Å². The van der Waals surface area contributed by atoms with Gasteiger partial charge in [0.15, 0.2) is 0 Å². The highest BCUT2D eigenvalue weighted by atomic mass is 16.5. The average molecular weight is 654 g/mol. The summed E-state index contributed by atoms with van der Waals surface area (Å²) in [6.45, 7) is 24.3. The molecule has 1 aromatic heterocycles. The van der Waals surface area contributed by atoms with E-state index in [1.807, 2.05) is 4.68 Å². The summed E-state index contributed by atoms with van der Waals surface area (Å²) in [4.78, 5) is 17.8. The molecule has 5 aliphatic rings. The van der Waals surface area contributed by atoms with Gasteiger partial charge in [-0.2, -0.15) is 0 Å². The van der Waals surface area contributed by atoms with Crippen molar-refractivity contribution in [1.82, 2.24) is 14.8 Å². The van der Waals surface area contributed by atoms with Crippen LogP contribution in [0.15, 0.2) is 18.0 Å². The molecule has 1 unspecified atom stereocenters. The van der Waals surface area contributed by atoms with E-state index in [9.17, 15) is 9.90 Å². The number of hydrogen-bond acceptors (Lipinski definition) is 7. The average Bonchev–Trinajstić information content (AvgIpc) is 3.42. The maximum atomic E-state index is 13.4. The fraction of sp³-hybridized carbons (Fsp3) is 0.868. The topological polar surface area (TPSA) is 139 Å². The molecule has 3 saturated carbocycles. The molecule has 0 radical (unpaired) electrons. The Kier molecular flexibility index (Phi) is 8.37. The van der Waals surface area contributed by atoms with Crippen LogP contribution < -0.4 is 11.5 Å². The lowest BCUT2D eigenvalue weighted by Crippen LogP contribution is -2.69. The molecular weight excluding hydrogens is 590 g/mol. The highest BCUT2D eigenvalue weighted by molar-refractivity contribution is 5.73. The first-order chi connectivity index (χ1) is 21.8. The van der Waals surface area contributed by atoms with Crippen LogP contribution in [0, 0.1) is 62.6 Å². The Bertz CT molecular complexity index is 1410. The fourth-order valence-electron chi connectivity index (χ4n) is 12.0. The maximum Gasteiger partial charge on any atom is 0.307 e. The lowest BCUT2D eigenvalue weighted by Gasteiger charge is -2.71. The van der Waals surface area contributed by atoms with Crippen molar-refractivity contribution in [1.29, 1.82) is 0 Å². The minimum atomic E-state index is -0.625. The highest BCUT2D eigenvalue weighted by Crippen LogP contribution is 2.75. The standard InChI is InChI=1S/C38H63N5O4/c1-22(2)24(5)33(6)15-16-35(8)25-11-12-28-34(7)18-46-20-38(28,26(25)13-14-36(35,9)29(33)31(44)45)17-27(43-21-41-32(39)42-43)30(34)47-19-37(10,40)23(3)4/h13,21-25,27-30H,11-12,14-20,40H2,1-10H3,(H2,39,42)(H,44,45)/t24-,25+,27-,28+,29-,30+,33-,34?,35-,36+,37+,38+/m1/s1. The molecule has 0 spiro atoms. The van der Waals surface area contributed by atoms with Crippen LogP contribution in [0.25, 0.3) is 0 Å². The van der Waals surface area contributed by atoms with Crippen LogP contribution in [0.2, 0.25) is 0 Å². The van der Waals surface area contributed by atoms with Crippen LogP contribution in [0.5, 0.6) is 0 Å². The predicted octanol–water partition coefficient (Wildman–Crippen LogP) is 6.75. The lowest BCUT2D eigenvalue weighted by atomic mass is 9.34. The summed E-state index contributed by atoms with van der Waals surface area (Å²) in [5.41, 5.74) is 12.7. The third-order valence-electron chi connectivity index (χ3n) is 15.8. The van der Waals surface area contributed by atoms with E-state index >= 15 is 0 Å². The number of nitrogen functional groups attached to an aromatic ring is 1. The van der Waals surface area contributed by atoms with Crippen LogP contribution in [0.4, 0.5) is 5.95 Å². The second kappa shape index (κ2) is 11.3. The zero-order valence-corrected chi connectivity index (χ0v) is 30.8. The molecule has 2 heterocycles. The van der Waals surface area contributed by atoms with E-state index in [-0.39, 0.29) is 51.1 Å². The molecule has 4 aliphatic carbocycles. The van der Waals surface area contributed by atoms with Gasteiger partial charge in [-0.3, -0.25) is 4.79 Å². The molecule has 1 aliphatic heterocycles. The van der Waals surface area contributed by atoms with Crippen molar-refractivity contribution < 1.29 is 19.4 Å². The number of fused-ring (bicyclic) bond motifs is 3. The smallest absolute Gasteiger partial charge is 0.307 e. The molecule has 2 bridgehead atoms. The Morgan fingerprint density at radius 1 is 1.13 bits per heavy atom. The Hall–Kier alpha value is -1.97. The molecule has 4 fully saturated rings. The van der Waals surface area contributed by atoms with Crippen molar-refractivity contribution in [2.75, 3.05) is 25.6 Å². The first kappa shape index (κ1) is 34.9. The number of aromatic nitrogens is 3. The minimum Gasteiger partial charge on any atom is -0.481 e. The number of carboxylic acids is 1. The van der Waals surface area contributed by atoms with Crippen LogP contribution >= 0.6 is 0 Å². The van der Waals surface area contributed by atoms with Crippen molar-refractivity contribution in [2.45, 2.75) is 125 Å². The number of carboxylic acid groups (broad SMARTS) is 1. The SMILES string of the molecule is CC(C)[C@@H](C)[C@@]1(C)CC[C@]2(C)[C@H]3CC[C@H]4C5(C)COC[C@@]4(C[C@@H](n4cnc(N)n4)[C@@H]5OC[C@](C)(N)C(C)C)C3=CC[C@@]2(C)[C@@H]1C(=O)O. The highest BCUT2D eigenvalue weighted by Gasteiger charge is 2.72. The predicted molar refractivity (Wildman–Crippen MR) is 184 cm³/mol. The van der Waals surface area contributed by atoms with E-state index in [1.165, 1.54) is 5.57 Å². The quantitative estimate of drug-likeness (QED) is 0.262. The maximum absolute atomic E-state index is 13.4. The van der Waals surface area contributed by atoms with E-state index in [2.05, 4.69) is 85.4 Å². The number of nitrogens with zero attached hydrogens (tertiary/aromatic N) is 3. The van der Waals surface area contributed by atoms with Gasteiger partial charge in [0.25, 0.3) is 0 Å². The normalized spacial score (nSPS) is 45.0. The van der Waals surface area contributed by atoms with E-state index in [1.54, 1.807) is 6.33 Å². The summed E-state index contributed by atoms with van der Waals surface area (Å²) in [7, 11) is 0. The molecule has 6 rings (SSSR count). The number of hydrogen-bond donors (Lipinski definition) is 3. The molecule has 9 heteroatoms. The van der Waals surface area contributed by atoms with Crippen LogP contribution in [-0.4, -0.2) is 57.3 Å². The van der Waals surface area contributed by atoms with Gasteiger partial charge in [-0.1, -0.05) is 74.0 Å². The third kappa shape index (κ3) is 4.82. The molecule has 1 aromatic rings. The first-order valence-corrected chi connectivity index (χ1v) is 18.4. The number of anilines is 1. The Labute approximate surface area is 283 Å². The third-order valence-corrected chi connectivity index (χ3v) is 15.8. The Morgan fingerprint density at radius 2 is 1.83 bits per heavy atom. The number of allylic oxidation sites excluding steroid dienone is 1. The van der Waals surface area contributed by atoms with E-state index in [0.29, 0.717) is 43.5 Å². The van der Waals surface area contributed by atoms with Gasteiger partial charge in [0.1, 0.15) is 6.33 Å². The zero-order chi connectivity index (χ0) is 34.5. The van der Waals surface area contributed by atoms with Gasteiger partial charge in [-0.05, 0) is 91.3 Å². The van der Waals surface area contributed by atoms with Gasteiger partial charge < -0.3 is 26.0 Å². The number of rotatable bonds is 8. The Balaban J connectivity index is 1.44. The summed E-state index contributed by atoms with van der Waals surface area (Å²) in [5.74, 6) is 0.903. The van der Waals surface area contributed by atoms with Crippen LogP contribution in [-0.2, 0) is 14.3 Å². The molecule has 0 amide bonds. The van der Waals surface area contributed by atoms with Crippen molar-refractivity contribution in [3.05, 3.63) is 18.0 Å². The van der Waals surface area contributed by atoms with Gasteiger partial charge >= 0.3 is 5.97 Å². The molecule has 1 saturated heterocycles. The molecule has 9 nitrogen and oxygen atoms in total. The van der Waals surface area contributed by atoms with Crippen molar-refractivity contribution in [3.63, 3.8) is 0 Å². The number of ether oxygens (including phenoxy) is 2. The molecule has 264 valence electrons. The van der Waals surface area contributed by atoms with Gasteiger partial charge in [-0.15, -0.1) is 5.10 Å². The number of aliphatic carboxylic acids is 1. The van der Waals surface area contributed by atoms with Crippen molar-refractivity contribution in [3.8, 4) is 0 Å². The van der Waals surface area contributed by atoms with Gasteiger partial charge in [0, 0.05) is 16.4 Å². The van der Waals surface area contributed by atoms with Crippen LogP contribution in [0.3, 0.4) is 0 Å². The van der Waals surface area contributed by atoms with E-state index in [0.717, 1.165) is 38.5 Å². The zero-order valence-electron chi connectivity index (χ0n) is 30.8. The molecule has 0 aromatic carbocycles. The summed E-state index contributed by atoms with van der Waals surface area (Å²) < 4.78 is 15.6. The number of nitrogens with two attached hydrogens (primary N) is 2. The van der Waals surface area contributed by atoms with E-state index in [4.69, 9.17) is 20.9 Å². The molecule has 12 atom stereocenters. The molecule has 47 heavy (non-hydrogen) atoms. The minimum absolute atomic E-state index is 0.0815. The second-order valence-corrected chi connectivity index (χ2v) is 18.6. The molecule has 5 N–H and O–H groups in total. The number of carbonyl (C=O) groups is 1. The first-order valence-electron chi connectivity index (χ1n) is 18.4. The second-order valence-electron chi connectivity index (χ2n) is 18.6. The fourth-order valence-corrected chi connectivity index (χ4v) is 12.0. The lowest BCUT2D eigenvalue weighted by molar-refractivity contribution is -0.252. The monoisotopic (exact) mass is 653 g/mol. The summed E-state index contributed by atoms with van der Waals surface area (Å²) in [5, 5.41) is 15.7. The van der Waals surface area contributed by atoms with Crippen molar-refractivity contribution in [2.24, 2.45) is 68.3 Å². The summed E-state index contributed by atoms with van der Waals surface area (Å²) >= 11 is 0. The van der Waals surface area contributed by atoms with Crippen LogP contribution in [0.1, 0.15) is 114 Å². The summed E-state index contributed by atoms with van der Waals surface area (Å²) in [6, 6.07) is -0.0815. The van der Waals surface area contributed by atoms with Gasteiger partial charge in [0.2, 0.25) is 5.95 Å². The summed E-state index contributed by atoms with van der Waals surface area (Å²) in [6.07, 6.45) is 9.81. The Morgan fingerprint density at radius 3 is 2.43 bits per heavy atom. The largest absolute Gasteiger partial charge is 0.481 e. The molecular formula is C38H63N5O4. The van der Waals surface area contributed by atoms with Gasteiger partial charge in [-0.25, -0.2) is 9.67 Å².